The lowest BCUT2D eigenvalue weighted by atomic mass is 10.0. The van der Waals surface area contributed by atoms with Crippen molar-refractivity contribution in [3.05, 3.63) is 109 Å². The van der Waals surface area contributed by atoms with Crippen molar-refractivity contribution in [3.63, 3.8) is 0 Å². The smallest absolute Gasteiger partial charge is 0.372 e. The van der Waals surface area contributed by atoms with Gasteiger partial charge in [-0.25, -0.2) is 18.7 Å². The SMILES string of the molecule is C.CC.Cc1cnc(-n2cccc(C(C)(C)O)c2=O)cc1-n1c(C)cc(OC(O)(O)c2ncc(F)cc2F)c(Cl)c1=O. The van der Waals surface area contributed by atoms with Crippen molar-refractivity contribution in [2.24, 2.45) is 0 Å². The molecule has 0 aliphatic heterocycles. The van der Waals surface area contributed by atoms with E-state index in [2.05, 4.69) is 9.97 Å². The van der Waals surface area contributed by atoms with Gasteiger partial charge in [-0.05, 0) is 45.4 Å². The normalized spacial score (nSPS) is 11.3. The summed E-state index contributed by atoms with van der Waals surface area (Å²) in [6.45, 7) is 10.1. The maximum absolute atomic E-state index is 14.1. The Morgan fingerprint density at radius 3 is 2.21 bits per heavy atom. The summed E-state index contributed by atoms with van der Waals surface area (Å²) in [6.07, 6.45) is 3.46. The van der Waals surface area contributed by atoms with Crippen molar-refractivity contribution >= 4 is 11.6 Å². The number of hydrogen-bond acceptors (Lipinski definition) is 8. The van der Waals surface area contributed by atoms with Gasteiger partial charge in [-0.3, -0.25) is 18.7 Å². The third-order valence-corrected chi connectivity index (χ3v) is 6.17. The molecule has 0 fully saturated rings. The van der Waals surface area contributed by atoms with Gasteiger partial charge in [0.25, 0.3) is 11.1 Å². The predicted molar refractivity (Wildman–Crippen MR) is 154 cm³/mol. The lowest BCUT2D eigenvalue weighted by Gasteiger charge is -2.24. The molecule has 0 amide bonds. The second-order valence-electron chi connectivity index (χ2n) is 9.28. The van der Waals surface area contributed by atoms with Crippen molar-refractivity contribution in [3.8, 4) is 17.3 Å². The molecule has 3 N–H and O–H groups in total. The molecule has 4 heterocycles. The average Bonchev–Trinajstić information content (AvgIpc) is 2.88. The van der Waals surface area contributed by atoms with Crippen LogP contribution < -0.4 is 15.9 Å². The highest BCUT2D eigenvalue weighted by atomic mass is 35.5. The van der Waals surface area contributed by atoms with Crippen molar-refractivity contribution in [2.75, 3.05) is 0 Å². The summed E-state index contributed by atoms with van der Waals surface area (Å²) in [5.74, 6) is -6.20. The van der Waals surface area contributed by atoms with E-state index in [0.717, 1.165) is 0 Å². The first-order valence-corrected chi connectivity index (χ1v) is 12.8. The molecule has 4 rings (SSSR count). The highest BCUT2D eigenvalue weighted by molar-refractivity contribution is 6.31. The number of pyridine rings is 4. The highest BCUT2D eigenvalue weighted by Crippen LogP contribution is 2.30. The molecule has 0 spiro atoms. The van der Waals surface area contributed by atoms with Crippen molar-refractivity contribution in [1.29, 1.82) is 0 Å². The Morgan fingerprint density at radius 1 is 0.976 bits per heavy atom. The molecule has 10 nitrogen and oxygen atoms in total. The Morgan fingerprint density at radius 2 is 1.62 bits per heavy atom. The van der Waals surface area contributed by atoms with Crippen LogP contribution in [0.5, 0.6) is 5.75 Å². The van der Waals surface area contributed by atoms with Gasteiger partial charge < -0.3 is 20.1 Å². The Kier molecular flexibility index (Phi) is 10.5. The average molecular weight is 607 g/mol. The molecule has 0 aliphatic carbocycles. The molecule has 0 aliphatic rings. The summed E-state index contributed by atoms with van der Waals surface area (Å²) in [7, 11) is 0. The molecule has 13 heteroatoms. The quantitative estimate of drug-likeness (QED) is 0.275. The van der Waals surface area contributed by atoms with Crippen LogP contribution in [0.1, 0.15) is 57.6 Å². The minimum Gasteiger partial charge on any atom is -0.433 e. The molecular formula is C29H33ClF2N4O6. The number of aryl methyl sites for hydroxylation is 2. The van der Waals surface area contributed by atoms with E-state index >= 15 is 0 Å². The summed E-state index contributed by atoms with van der Waals surface area (Å²) >= 11 is 6.23. The number of ether oxygens (including phenoxy) is 1. The second kappa shape index (κ2) is 12.9. The number of aliphatic hydroxyl groups is 3. The highest BCUT2D eigenvalue weighted by Gasteiger charge is 2.36. The Hall–Kier alpha value is -3.97. The summed E-state index contributed by atoms with van der Waals surface area (Å²) in [4.78, 5) is 34.0. The van der Waals surface area contributed by atoms with E-state index in [9.17, 15) is 33.7 Å². The van der Waals surface area contributed by atoms with Crippen LogP contribution in [0.3, 0.4) is 0 Å². The summed E-state index contributed by atoms with van der Waals surface area (Å²) in [6, 6.07) is 6.12. The first-order chi connectivity index (χ1) is 19.1. The van der Waals surface area contributed by atoms with Gasteiger partial charge in [-0.2, -0.15) is 0 Å². The summed E-state index contributed by atoms with van der Waals surface area (Å²) in [5.41, 5.74) is -2.65. The number of nitrogens with zero attached hydrogens (tertiary/aromatic N) is 4. The van der Waals surface area contributed by atoms with Crippen LogP contribution in [0.2, 0.25) is 5.02 Å². The van der Waals surface area contributed by atoms with E-state index in [-0.39, 0.29) is 24.5 Å². The summed E-state index contributed by atoms with van der Waals surface area (Å²) in [5, 5.41) is 30.4. The van der Waals surface area contributed by atoms with E-state index < -0.39 is 50.8 Å². The number of rotatable bonds is 6. The molecule has 42 heavy (non-hydrogen) atoms. The van der Waals surface area contributed by atoms with E-state index in [1.165, 1.54) is 60.5 Å². The van der Waals surface area contributed by atoms with Crippen LogP contribution in [0.15, 0.2) is 58.5 Å². The van der Waals surface area contributed by atoms with Crippen LogP contribution in [0.4, 0.5) is 8.78 Å². The van der Waals surface area contributed by atoms with Crippen LogP contribution in [-0.2, 0) is 11.6 Å². The fraction of sp³-hybridized carbons (Fsp3) is 0.310. The van der Waals surface area contributed by atoms with Crippen LogP contribution in [0.25, 0.3) is 11.5 Å². The lowest BCUT2D eigenvalue weighted by molar-refractivity contribution is -0.308. The van der Waals surface area contributed by atoms with Gasteiger partial charge in [0.15, 0.2) is 17.3 Å². The van der Waals surface area contributed by atoms with Crippen molar-refractivity contribution in [2.45, 2.75) is 60.5 Å². The molecular weight excluding hydrogens is 574 g/mol. The third-order valence-electron chi connectivity index (χ3n) is 5.82. The van der Waals surface area contributed by atoms with Gasteiger partial charge in [0.1, 0.15) is 16.7 Å². The molecule has 0 unspecified atom stereocenters. The molecule has 0 saturated carbocycles. The van der Waals surface area contributed by atoms with Gasteiger partial charge in [0, 0.05) is 41.9 Å². The van der Waals surface area contributed by atoms with Crippen LogP contribution >= 0.6 is 11.6 Å². The lowest BCUT2D eigenvalue weighted by Crippen LogP contribution is -2.35. The first-order valence-electron chi connectivity index (χ1n) is 12.4. The van der Waals surface area contributed by atoms with Gasteiger partial charge in [0.2, 0.25) is 0 Å². The van der Waals surface area contributed by atoms with Crippen LogP contribution in [0, 0.1) is 25.5 Å². The molecule has 0 radical (unpaired) electrons. The molecule has 4 aromatic heterocycles. The van der Waals surface area contributed by atoms with Gasteiger partial charge in [-0.15, -0.1) is 0 Å². The minimum atomic E-state index is -3.39. The van der Waals surface area contributed by atoms with E-state index in [0.29, 0.717) is 23.5 Å². The maximum atomic E-state index is 14.1. The number of hydrogen-bond donors (Lipinski definition) is 3. The van der Waals surface area contributed by atoms with Gasteiger partial charge in [0.05, 0.1) is 17.5 Å². The Balaban J connectivity index is 0.00000201. The third kappa shape index (κ3) is 6.73. The predicted octanol–water partition coefficient (Wildman–Crippen LogP) is 4.39. The molecule has 0 bridgehead atoms. The maximum Gasteiger partial charge on any atom is 0.372 e. The van der Waals surface area contributed by atoms with E-state index in [4.69, 9.17) is 16.3 Å². The molecule has 0 saturated heterocycles. The summed E-state index contributed by atoms with van der Waals surface area (Å²) < 4.78 is 34.7. The van der Waals surface area contributed by atoms with Crippen molar-refractivity contribution in [1.82, 2.24) is 19.1 Å². The molecule has 4 aromatic rings. The monoisotopic (exact) mass is 606 g/mol. The Bertz CT molecular complexity index is 1710. The van der Waals surface area contributed by atoms with Gasteiger partial charge >= 0.3 is 5.97 Å². The van der Waals surface area contributed by atoms with E-state index in [1.54, 1.807) is 13.0 Å². The topological polar surface area (TPSA) is 140 Å². The molecule has 0 aromatic carbocycles. The molecule has 226 valence electrons. The van der Waals surface area contributed by atoms with E-state index in [1.807, 2.05) is 13.8 Å². The number of halogens is 3. The Labute approximate surface area is 246 Å². The van der Waals surface area contributed by atoms with Gasteiger partial charge in [-0.1, -0.05) is 32.9 Å². The first kappa shape index (κ1) is 34.2. The molecule has 0 atom stereocenters. The van der Waals surface area contributed by atoms with Crippen molar-refractivity contribution < 1.29 is 28.8 Å². The minimum absolute atomic E-state index is 0. The zero-order chi connectivity index (χ0) is 30.9. The largest absolute Gasteiger partial charge is 0.433 e. The van der Waals surface area contributed by atoms with Crippen LogP contribution in [-0.4, -0.2) is 34.4 Å². The standard InChI is InChI=1S/C26H23ClF2N4O6.C2H6.CH4/c1-13-11-30-20(32-7-5-6-16(23(32)34)25(3,4)36)10-18(13)33-14(2)8-19(21(27)24(33)35)39-26(37,38)22-17(29)9-15(28)12-31-22;1-2;/h5-12,36-38H,1-4H3;1-2H3;1H4. The fourth-order valence-corrected chi connectivity index (χ4v) is 4.10. The zero-order valence-electron chi connectivity index (χ0n) is 23.1. The fourth-order valence-electron chi connectivity index (χ4n) is 3.93. The number of aromatic nitrogens is 4. The zero-order valence-corrected chi connectivity index (χ0v) is 23.9. The second-order valence-corrected chi connectivity index (χ2v) is 9.66.